The van der Waals surface area contributed by atoms with Gasteiger partial charge in [0, 0.05) is 5.92 Å². The minimum absolute atomic E-state index is 0.000991. The summed E-state index contributed by atoms with van der Waals surface area (Å²) in [5, 5.41) is 18.4. The lowest BCUT2D eigenvalue weighted by atomic mass is 9.90. The zero-order valence-electron chi connectivity index (χ0n) is 10.1. The van der Waals surface area contributed by atoms with Crippen molar-refractivity contribution in [1.29, 1.82) is 0 Å². The molecule has 0 aliphatic heterocycles. The molecule has 2 heteroatoms. The summed E-state index contributed by atoms with van der Waals surface area (Å²) < 4.78 is 0. The van der Waals surface area contributed by atoms with E-state index in [0.717, 1.165) is 12.0 Å². The van der Waals surface area contributed by atoms with Crippen molar-refractivity contribution >= 4 is 5.57 Å². The van der Waals surface area contributed by atoms with Gasteiger partial charge in [0.25, 0.3) is 0 Å². The summed E-state index contributed by atoms with van der Waals surface area (Å²) >= 11 is 0. The van der Waals surface area contributed by atoms with Gasteiger partial charge in [0.05, 0.1) is 13.2 Å². The van der Waals surface area contributed by atoms with Crippen LogP contribution in [0, 0.1) is 0 Å². The average Bonchev–Trinajstić information content (AvgIpc) is 2.42. The maximum atomic E-state index is 9.21. The van der Waals surface area contributed by atoms with Gasteiger partial charge in [-0.3, -0.25) is 0 Å². The number of allylic oxidation sites excluding steroid dienone is 2. The fourth-order valence-electron chi connectivity index (χ4n) is 2.36. The largest absolute Gasteiger partial charge is 0.396 e. The second kappa shape index (κ2) is 5.99. The Labute approximate surface area is 103 Å². The van der Waals surface area contributed by atoms with E-state index in [9.17, 15) is 10.2 Å². The third-order valence-corrected chi connectivity index (χ3v) is 3.46. The summed E-state index contributed by atoms with van der Waals surface area (Å²) in [5.74, 6) is -0.154. The second-order valence-corrected chi connectivity index (χ2v) is 4.66. The number of benzene rings is 1. The molecule has 0 bridgehead atoms. The molecule has 0 aromatic heterocycles. The molecule has 0 heterocycles. The Kier molecular flexibility index (Phi) is 4.35. The van der Waals surface area contributed by atoms with Crippen molar-refractivity contribution in [3.05, 3.63) is 41.5 Å². The van der Waals surface area contributed by atoms with Crippen LogP contribution in [0.15, 0.2) is 30.3 Å². The smallest absolute Gasteiger partial charge is 0.0521 e. The lowest BCUT2D eigenvalue weighted by Gasteiger charge is -2.16. The van der Waals surface area contributed by atoms with Crippen molar-refractivity contribution in [2.75, 3.05) is 13.2 Å². The van der Waals surface area contributed by atoms with Crippen LogP contribution in [0.2, 0.25) is 0 Å². The van der Waals surface area contributed by atoms with Crippen molar-refractivity contribution in [2.45, 2.75) is 31.6 Å². The molecule has 0 atom stereocenters. The number of rotatable bonds is 4. The van der Waals surface area contributed by atoms with Gasteiger partial charge in [-0.25, -0.2) is 0 Å². The molecule has 1 aromatic carbocycles. The fourth-order valence-corrected chi connectivity index (χ4v) is 2.36. The molecule has 0 unspecified atom stereocenters. The van der Waals surface area contributed by atoms with Crippen molar-refractivity contribution < 1.29 is 10.2 Å². The summed E-state index contributed by atoms with van der Waals surface area (Å²) in [4.78, 5) is 0. The minimum atomic E-state index is -0.154. The van der Waals surface area contributed by atoms with Gasteiger partial charge >= 0.3 is 0 Å². The highest BCUT2D eigenvalue weighted by Crippen LogP contribution is 2.28. The summed E-state index contributed by atoms with van der Waals surface area (Å²) in [6, 6.07) is 8.21. The molecule has 2 rings (SSSR count). The highest BCUT2D eigenvalue weighted by molar-refractivity contribution is 5.66. The number of hydrogen-bond acceptors (Lipinski definition) is 2. The predicted molar refractivity (Wildman–Crippen MR) is 69.8 cm³/mol. The average molecular weight is 232 g/mol. The zero-order chi connectivity index (χ0) is 12.1. The topological polar surface area (TPSA) is 40.5 Å². The lowest BCUT2D eigenvalue weighted by molar-refractivity contribution is 0.192. The van der Waals surface area contributed by atoms with Crippen molar-refractivity contribution in [3.8, 4) is 0 Å². The van der Waals surface area contributed by atoms with Crippen LogP contribution < -0.4 is 0 Å². The molecule has 17 heavy (non-hydrogen) atoms. The molecule has 1 aliphatic carbocycles. The van der Waals surface area contributed by atoms with E-state index in [1.165, 1.54) is 30.4 Å². The van der Waals surface area contributed by atoms with E-state index in [1.54, 1.807) is 0 Å². The van der Waals surface area contributed by atoms with Crippen molar-refractivity contribution in [3.63, 3.8) is 0 Å². The molecule has 1 aliphatic rings. The highest BCUT2D eigenvalue weighted by Gasteiger charge is 2.11. The zero-order valence-corrected chi connectivity index (χ0v) is 10.1. The van der Waals surface area contributed by atoms with Crippen molar-refractivity contribution in [1.82, 2.24) is 0 Å². The van der Waals surface area contributed by atoms with Gasteiger partial charge in [-0.05, 0) is 42.4 Å². The summed E-state index contributed by atoms with van der Waals surface area (Å²) in [6.45, 7) is -0.00198. The molecular weight excluding hydrogens is 212 g/mol. The first kappa shape index (κ1) is 12.3. The van der Waals surface area contributed by atoms with Gasteiger partial charge in [-0.2, -0.15) is 0 Å². The normalized spacial score (nSPS) is 16.1. The lowest BCUT2D eigenvalue weighted by Crippen LogP contribution is -2.09. The van der Waals surface area contributed by atoms with Gasteiger partial charge in [0.15, 0.2) is 0 Å². The van der Waals surface area contributed by atoms with Crippen LogP contribution in [0.5, 0.6) is 0 Å². The molecule has 2 nitrogen and oxygen atoms in total. The first-order chi connectivity index (χ1) is 8.35. The number of hydrogen-bond donors (Lipinski definition) is 2. The Morgan fingerprint density at radius 1 is 1.12 bits per heavy atom. The van der Waals surface area contributed by atoms with E-state index in [2.05, 4.69) is 18.2 Å². The second-order valence-electron chi connectivity index (χ2n) is 4.66. The van der Waals surface area contributed by atoms with Gasteiger partial charge in [0.1, 0.15) is 0 Å². The molecule has 92 valence electrons. The Balaban J connectivity index is 2.24. The number of aliphatic hydroxyl groups is 2. The molecular formula is C15H20O2. The van der Waals surface area contributed by atoms with Gasteiger partial charge in [-0.1, -0.05) is 30.3 Å². The Morgan fingerprint density at radius 3 is 2.59 bits per heavy atom. The quantitative estimate of drug-likeness (QED) is 0.838. The van der Waals surface area contributed by atoms with Gasteiger partial charge in [0.2, 0.25) is 0 Å². The first-order valence-corrected chi connectivity index (χ1v) is 6.36. The minimum Gasteiger partial charge on any atom is -0.396 e. The van der Waals surface area contributed by atoms with E-state index in [1.807, 2.05) is 12.1 Å². The Morgan fingerprint density at radius 2 is 1.94 bits per heavy atom. The monoisotopic (exact) mass is 232 g/mol. The van der Waals surface area contributed by atoms with Crippen LogP contribution >= 0.6 is 0 Å². The van der Waals surface area contributed by atoms with E-state index < -0.39 is 0 Å². The molecule has 0 saturated carbocycles. The van der Waals surface area contributed by atoms with Crippen LogP contribution in [-0.2, 0) is 0 Å². The summed E-state index contributed by atoms with van der Waals surface area (Å²) in [5.41, 5.74) is 3.68. The van der Waals surface area contributed by atoms with Crippen LogP contribution in [-0.4, -0.2) is 23.4 Å². The summed E-state index contributed by atoms with van der Waals surface area (Å²) in [7, 11) is 0. The molecule has 0 spiro atoms. The number of aliphatic hydroxyl groups excluding tert-OH is 2. The van der Waals surface area contributed by atoms with E-state index in [4.69, 9.17) is 0 Å². The Bertz CT molecular complexity index is 392. The van der Waals surface area contributed by atoms with E-state index in [0.29, 0.717) is 0 Å². The molecule has 2 N–H and O–H groups in total. The predicted octanol–water partition coefficient (Wildman–Crippen LogP) is 2.71. The van der Waals surface area contributed by atoms with E-state index in [-0.39, 0.29) is 19.1 Å². The Hall–Kier alpha value is -1.12. The van der Waals surface area contributed by atoms with Crippen LogP contribution in [0.1, 0.15) is 42.7 Å². The van der Waals surface area contributed by atoms with Crippen molar-refractivity contribution in [2.24, 2.45) is 0 Å². The molecule has 0 radical (unpaired) electrons. The van der Waals surface area contributed by atoms with Crippen LogP contribution in [0.25, 0.3) is 5.57 Å². The van der Waals surface area contributed by atoms with Crippen LogP contribution in [0.3, 0.4) is 0 Å². The van der Waals surface area contributed by atoms with E-state index >= 15 is 0 Å². The van der Waals surface area contributed by atoms with Gasteiger partial charge < -0.3 is 10.2 Å². The molecule has 0 amide bonds. The van der Waals surface area contributed by atoms with Crippen LogP contribution in [0.4, 0.5) is 0 Å². The van der Waals surface area contributed by atoms with Gasteiger partial charge in [-0.15, -0.1) is 0 Å². The molecule has 0 fully saturated rings. The first-order valence-electron chi connectivity index (χ1n) is 6.36. The summed E-state index contributed by atoms with van der Waals surface area (Å²) in [6.07, 6.45) is 7.18. The highest BCUT2D eigenvalue weighted by atomic mass is 16.3. The molecule has 0 saturated heterocycles. The fraction of sp³-hybridized carbons (Fsp3) is 0.467. The maximum Gasteiger partial charge on any atom is 0.0521 e. The standard InChI is InChI=1S/C15H20O2/c16-10-15(11-17)14-8-4-7-13(9-14)12-5-2-1-3-6-12/h4-5,7-9,15-17H,1-3,6,10-11H2. The third kappa shape index (κ3) is 2.96. The molecule has 1 aromatic rings. The third-order valence-electron chi connectivity index (χ3n) is 3.46. The SMILES string of the molecule is OCC(CO)c1cccc(C2=CCCCC2)c1. The maximum absolute atomic E-state index is 9.21.